The molecule has 0 aromatic heterocycles. The van der Waals surface area contributed by atoms with Gasteiger partial charge < -0.3 is 0 Å². The van der Waals surface area contributed by atoms with Crippen LogP contribution >= 0.6 is 0 Å². The third kappa shape index (κ3) is 1.37. The lowest BCUT2D eigenvalue weighted by Gasteiger charge is -2.37. The van der Waals surface area contributed by atoms with E-state index in [2.05, 4.69) is 12.2 Å². The highest BCUT2D eigenvalue weighted by molar-refractivity contribution is 6.22. The molecule has 3 fully saturated rings. The fourth-order valence-electron chi connectivity index (χ4n) is 5.08. The molecule has 0 spiro atoms. The average molecular weight is 293 g/mol. The number of carbonyl (C=O) groups excluding carboxylic acids is 2. The molecule has 3 heteroatoms. The Labute approximate surface area is 130 Å². The Bertz CT molecular complexity index is 714. The molecule has 22 heavy (non-hydrogen) atoms. The minimum atomic E-state index is -0.104. The van der Waals surface area contributed by atoms with Gasteiger partial charge in [0.2, 0.25) is 11.8 Å². The van der Waals surface area contributed by atoms with Crippen LogP contribution in [0.4, 0.5) is 5.69 Å². The van der Waals surface area contributed by atoms with Crippen LogP contribution in [-0.4, -0.2) is 11.8 Å². The van der Waals surface area contributed by atoms with Crippen LogP contribution in [0.5, 0.6) is 0 Å². The van der Waals surface area contributed by atoms with E-state index in [4.69, 9.17) is 0 Å². The van der Waals surface area contributed by atoms with Gasteiger partial charge in [-0.25, -0.2) is 0 Å². The van der Waals surface area contributed by atoms with Crippen molar-refractivity contribution >= 4 is 17.5 Å². The molecule has 5 aliphatic rings. The van der Waals surface area contributed by atoms with Gasteiger partial charge in [-0.15, -0.1) is 0 Å². The number of nitrogens with zero attached hydrogens (tertiary/aromatic N) is 1. The SMILES string of the molecule is Cc1ccc(N2C(=O)[C@H]3[C@@H]4C=C[C@@H]([C@H]5C[C@H]45)[C@@H]3C2=O)cc1C. The van der Waals surface area contributed by atoms with Crippen LogP contribution in [0.1, 0.15) is 17.5 Å². The van der Waals surface area contributed by atoms with Crippen LogP contribution in [0.15, 0.2) is 30.4 Å². The van der Waals surface area contributed by atoms with Crippen molar-refractivity contribution in [2.24, 2.45) is 35.5 Å². The van der Waals surface area contributed by atoms with E-state index >= 15 is 0 Å². The zero-order valence-electron chi connectivity index (χ0n) is 12.8. The Hall–Kier alpha value is -1.90. The summed E-state index contributed by atoms with van der Waals surface area (Å²) in [5.41, 5.74) is 3.06. The second-order valence-electron chi connectivity index (χ2n) is 7.44. The fourth-order valence-corrected chi connectivity index (χ4v) is 5.08. The zero-order valence-corrected chi connectivity index (χ0v) is 12.8. The first-order valence-corrected chi connectivity index (χ1v) is 8.21. The molecule has 1 aromatic rings. The normalized spacial score (nSPS) is 40.9. The predicted molar refractivity (Wildman–Crippen MR) is 83.1 cm³/mol. The minimum absolute atomic E-state index is 0.0305. The van der Waals surface area contributed by atoms with Crippen molar-refractivity contribution in [3.8, 4) is 0 Å². The number of benzene rings is 1. The number of imide groups is 1. The molecule has 6 rings (SSSR count). The Balaban J connectivity index is 1.58. The number of allylic oxidation sites excluding steroid dienone is 2. The Kier molecular flexibility index (Phi) is 2.23. The van der Waals surface area contributed by atoms with Crippen molar-refractivity contribution in [2.45, 2.75) is 20.3 Å². The monoisotopic (exact) mass is 293 g/mol. The third-order valence-corrected chi connectivity index (χ3v) is 6.41. The van der Waals surface area contributed by atoms with E-state index in [1.165, 1.54) is 16.9 Å². The lowest BCUT2D eigenvalue weighted by atomic mass is 9.63. The van der Waals surface area contributed by atoms with Crippen molar-refractivity contribution in [2.75, 3.05) is 4.90 Å². The van der Waals surface area contributed by atoms with E-state index in [-0.39, 0.29) is 23.7 Å². The zero-order chi connectivity index (χ0) is 15.2. The van der Waals surface area contributed by atoms with E-state index in [0.717, 1.165) is 11.3 Å². The molecule has 2 saturated carbocycles. The largest absolute Gasteiger partial charge is 0.274 e. The van der Waals surface area contributed by atoms with Crippen LogP contribution in [0, 0.1) is 49.4 Å². The highest BCUT2D eigenvalue weighted by Crippen LogP contribution is 2.65. The molecule has 1 aromatic carbocycles. The lowest BCUT2D eigenvalue weighted by molar-refractivity contribution is -0.124. The molecule has 0 unspecified atom stereocenters. The molecule has 1 aliphatic heterocycles. The van der Waals surface area contributed by atoms with Crippen LogP contribution < -0.4 is 4.90 Å². The van der Waals surface area contributed by atoms with Gasteiger partial charge in [0.25, 0.3) is 0 Å². The molecule has 0 radical (unpaired) electrons. The smallest absolute Gasteiger partial charge is 0.238 e. The van der Waals surface area contributed by atoms with Crippen LogP contribution in [0.25, 0.3) is 0 Å². The standard InChI is InChI=1S/C19H19NO2/c1-9-3-4-11(7-10(9)2)20-18(21)16-12-5-6-13(15-8-14(12)15)17(16)19(20)22/h3-7,12-17H,8H2,1-2H3/t12-,13+,14-,15-,16+,17+/m1/s1. The van der Waals surface area contributed by atoms with E-state index in [1.54, 1.807) is 0 Å². The highest BCUT2D eigenvalue weighted by atomic mass is 16.2. The van der Waals surface area contributed by atoms with Gasteiger partial charge >= 0.3 is 0 Å². The Morgan fingerprint density at radius 3 is 2.05 bits per heavy atom. The van der Waals surface area contributed by atoms with Crippen molar-refractivity contribution in [1.82, 2.24) is 0 Å². The van der Waals surface area contributed by atoms with Crippen molar-refractivity contribution < 1.29 is 9.59 Å². The Morgan fingerprint density at radius 2 is 1.50 bits per heavy atom. The number of amides is 2. The first-order valence-electron chi connectivity index (χ1n) is 8.21. The van der Waals surface area contributed by atoms with Crippen molar-refractivity contribution in [3.63, 3.8) is 0 Å². The third-order valence-electron chi connectivity index (χ3n) is 6.41. The summed E-state index contributed by atoms with van der Waals surface area (Å²) in [5, 5.41) is 0. The second kappa shape index (κ2) is 3.89. The van der Waals surface area contributed by atoms with E-state index in [9.17, 15) is 9.59 Å². The van der Waals surface area contributed by atoms with Crippen LogP contribution in [0.2, 0.25) is 0 Å². The molecule has 4 aliphatic carbocycles. The van der Waals surface area contributed by atoms with Gasteiger partial charge in [-0.05, 0) is 67.2 Å². The summed E-state index contributed by atoms with van der Waals surface area (Å²) in [5.74, 6) is 1.77. The first-order chi connectivity index (χ1) is 10.6. The van der Waals surface area contributed by atoms with E-state index < -0.39 is 0 Å². The summed E-state index contributed by atoms with van der Waals surface area (Å²) in [7, 11) is 0. The molecule has 1 saturated heterocycles. The molecule has 6 atom stereocenters. The van der Waals surface area contributed by atoms with Crippen molar-refractivity contribution in [3.05, 3.63) is 41.5 Å². The van der Waals surface area contributed by atoms with Gasteiger partial charge in [0.05, 0.1) is 17.5 Å². The molecule has 1 heterocycles. The maximum Gasteiger partial charge on any atom is 0.238 e. The summed E-state index contributed by atoms with van der Waals surface area (Å²) < 4.78 is 0. The molecule has 2 bridgehead atoms. The van der Waals surface area contributed by atoms with E-state index in [1.807, 2.05) is 32.0 Å². The predicted octanol–water partition coefficient (Wildman–Crippen LogP) is 2.86. The van der Waals surface area contributed by atoms with Gasteiger partial charge in [-0.1, -0.05) is 18.2 Å². The maximum absolute atomic E-state index is 13.0. The molecule has 3 nitrogen and oxygen atoms in total. The molecular weight excluding hydrogens is 274 g/mol. The van der Waals surface area contributed by atoms with Gasteiger partial charge in [-0.3, -0.25) is 14.5 Å². The minimum Gasteiger partial charge on any atom is -0.274 e. The van der Waals surface area contributed by atoms with Crippen LogP contribution in [0.3, 0.4) is 0 Å². The molecule has 112 valence electrons. The first kappa shape index (κ1) is 12.6. The van der Waals surface area contributed by atoms with E-state index in [0.29, 0.717) is 23.7 Å². The topological polar surface area (TPSA) is 37.4 Å². The summed E-state index contributed by atoms with van der Waals surface area (Å²) in [6.07, 6.45) is 5.64. The lowest BCUT2D eigenvalue weighted by Crippen LogP contribution is -2.40. The van der Waals surface area contributed by atoms with Crippen LogP contribution in [-0.2, 0) is 9.59 Å². The molecule has 2 amide bonds. The van der Waals surface area contributed by atoms with Gasteiger partial charge in [-0.2, -0.15) is 0 Å². The number of rotatable bonds is 1. The Morgan fingerprint density at radius 1 is 0.909 bits per heavy atom. The summed E-state index contributed by atoms with van der Waals surface area (Å²) >= 11 is 0. The quantitative estimate of drug-likeness (QED) is 0.590. The van der Waals surface area contributed by atoms with Gasteiger partial charge in [0, 0.05) is 0 Å². The number of aryl methyl sites for hydroxylation is 2. The number of hydrogen-bond donors (Lipinski definition) is 0. The second-order valence-corrected chi connectivity index (χ2v) is 7.44. The summed E-state index contributed by atoms with van der Waals surface area (Å²) in [6, 6.07) is 5.88. The molecular formula is C19H19NO2. The number of hydrogen-bond acceptors (Lipinski definition) is 2. The number of carbonyl (C=O) groups is 2. The highest BCUT2D eigenvalue weighted by Gasteiger charge is 2.67. The van der Waals surface area contributed by atoms with Gasteiger partial charge in [0.1, 0.15) is 0 Å². The summed E-state index contributed by atoms with van der Waals surface area (Å²) in [6.45, 7) is 4.07. The summed E-state index contributed by atoms with van der Waals surface area (Å²) in [4.78, 5) is 27.4. The van der Waals surface area contributed by atoms with Crippen molar-refractivity contribution in [1.29, 1.82) is 0 Å². The maximum atomic E-state index is 13.0. The molecule has 0 N–H and O–H groups in total. The number of anilines is 1. The average Bonchev–Trinajstić information content (AvgIpc) is 3.28. The van der Waals surface area contributed by atoms with Gasteiger partial charge in [0.15, 0.2) is 0 Å². The fraction of sp³-hybridized carbons (Fsp3) is 0.474.